The van der Waals surface area contributed by atoms with Gasteiger partial charge < -0.3 is 34.6 Å². The van der Waals surface area contributed by atoms with E-state index in [9.17, 15) is 18.0 Å². The number of sulfonamides is 1. The van der Waals surface area contributed by atoms with Crippen molar-refractivity contribution in [2.75, 3.05) is 26.7 Å². The van der Waals surface area contributed by atoms with Gasteiger partial charge in [-0.05, 0) is 114 Å². The lowest BCUT2D eigenvalue weighted by molar-refractivity contribution is -0.146. The van der Waals surface area contributed by atoms with E-state index in [1.165, 1.54) is 4.90 Å². The molecule has 3 aliphatic heterocycles. The number of aromatic nitrogens is 1. The topological polar surface area (TPSA) is 186 Å². The van der Waals surface area contributed by atoms with Gasteiger partial charge in [-0.25, -0.2) is 18.2 Å². The first-order chi connectivity index (χ1) is 31.1. The summed E-state index contributed by atoms with van der Waals surface area (Å²) in [5, 5.41) is 6.91. The van der Waals surface area contributed by atoms with E-state index >= 15 is 9.59 Å². The van der Waals surface area contributed by atoms with Gasteiger partial charge in [-0.15, -0.1) is 6.58 Å². The SMILES string of the molecule is C=CC1CCC1(NC(=O)C1CC2CN1C(=O)C(C1(C)CCCCC1)NC(=O)OC1CC1CCCCCc1c(nc3ccccc3c1OC1CCN(C)CC1)O2)C(=O)NS(=O)(=O)C1(C)CC1. The number of hydrogen-bond donors (Lipinski definition) is 3. The van der Waals surface area contributed by atoms with Crippen LogP contribution in [0.15, 0.2) is 36.9 Å². The number of amides is 4. The van der Waals surface area contributed by atoms with Gasteiger partial charge in [0.15, 0.2) is 0 Å². The van der Waals surface area contributed by atoms with E-state index in [1.807, 2.05) is 31.2 Å². The summed E-state index contributed by atoms with van der Waals surface area (Å²) in [6.07, 6.45) is 12.7. The molecule has 7 atom stereocenters. The lowest BCUT2D eigenvalue weighted by Gasteiger charge is -2.48. The van der Waals surface area contributed by atoms with E-state index in [0.29, 0.717) is 49.9 Å². The largest absolute Gasteiger partial charge is 0.489 e. The predicted molar refractivity (Wildman–Crippen MR) is 245 cm³/mol. The van der Waals surface area contributed by atoms with Crippen LogP contribution in [0.5, 0.6) is 11.6 Å². The summed E-state index contributed by atoms with van der Waals surface area (Å²) >= 11 is 0. The Kier molecular flexibility index (Phi) is 12.6. The fourth-order valence-corrected chi connectivity index (χ4v) is 12.5. The van der Waals surface area contributed by atoms with Crippen LogP contribution in [0.1, 0.15) is 129 Å². The van der Waals surface area contributed by atoms with Crippen LogP contribution in [0.4, 0.5) is 4.79 Å². The van der Waals surface area contributed by atoms with Crippen LogP contribution in [-0.4, -0.2) is 114 Å². The number of ether oxygens (including phenoxy) is 3. The van der Waals surface area contributed by atoms with E-state index < -0.39 is 73.6 Å². The second-order valence-electron chi connectivity index (χ2n) is 20.9. The maximum Gasteiger partial charge on any atom is 0.408 e. The van der Waals surface area contributed by atoms with E-state index in [-0.39, 0.29) is 37.5 Å². The summed E-state index contributed by atoms with van der Waals surface area (Å²) in [6, 6.07) is 5.78. The summed E-state index contributed by atoms with van der Waals surface area (Å²) in [5.41, 5.74) is -0.636. The molecule has 7 aliphatic rings. The van der Waals surface area contributed by atoms with Crippen molar-refractivity contribution in [1.82, 2.24) is 30.1 Å². The standard InChI is InChI=1S/C49H68N6O9S/c1-5-32-18-23-49(32,45(58)53-65(60,61)48(3)24-25-48)52-42(56)38-29-34-30-55(38)44(57)41(47(2)21-12-7-13-22-47)51-46(59)64-39-28-31(39)14-8-6-9-16-36-40(62-33-19-26-54(4)27-20-33)35-15-10-11-17-37(35)50-43(36)63-34/h5,10-11,15,17,31-34,38-39,41H,1,6-9,12-14,16,18-30H2,2-4H3,(H,51,59)(H,52,56)(H,53,58). The Balaban J connectivity index is 1.09. The van der Waals surface area contributed by atoms with Crippen LogP contribution >= 0.6 is 0 Å². The summed E-state index contributed by atoms with van der Waals surface area (Å²) in [6.45, 7) is 9.42. The molecule has 4 saturated carbocycles. The highest BCUT2D eigenvalue weighted by Crippen LogP contribution is 2.46. The van der Waals surface area contributed by atoms with Crippen LogP contribution in [0.25, 0.3) is 10.9 Å². The predicted octanol–water partition coefficient (Wildman–Crippen LogP) is 6.08. The quantitative estimate of drug-likeness (QED) is 0.248. The Bertz CT molecular complexity index is 2290. The van der Waals surface area contributed by atoms with Crippen LogP contribution in [0, 0.1) is 17.3 Å². The van der Waals surface area contributed by atoms with Crippen molar-refractivity contribution in [2.24, 2.45) is 17.3 Å². The van der Waals surface area contributed by atoms with Crippen molar-refractivity contribution >= 4 is 44.7 Å². The van der Waals surface area contributed by atoms with E-state index in [2.05, 4.69) is 33.9 Å². The Morgan fingerprint density at radius 1 is 0.938 bits per heavy atom. The monoisotopic (exact) mass is 916 g/mol. The van der Waals surface area contributed by atoms with Crippen LogP contribution < -0.4 is 24.8 Å². The molecule has 15 nitrogen and oxygen atoms in total. The van der Waals surface area contributed by atoms with Crippen LogP contribution in [0.3, 0.4) is 0 Å². The number of carbonyl (C=O) groups is 4. The third kappa shape index (κ3) is 9.19. The van der Waals surface area contributed by atoms with Crippen molar-refractivity contribution in [3.05, 3.63) is 42.5 Å². The Morgan fingerprint density at radius 3 is 2.38 bits per heavy atom. The number of carbonyl (C=O) groups excluding carboxylic acids is 4. The number of piperidine rings is 1. The number of nitrogens with one attached hydrogen (secondary N) is 3. The van der Waals surface area contributed by atoms with Gasteiger partial charge in [0.1, 0.15) is 41.7 Å². The molecule has 9 rings (SSSR count). The van der Waals surface area contributed by atoms with E-state index in [4.69, 9.17) is 19.2 Å². The number of rotatable bonds is 9. The van der Waals surface area contributed by atoms with Gasteiger partial charge in [0.05, 0.1) is 22.4 Å². The molecule has 7 unspecified atom stereocenters. The van der Waals surface area contributed by atoms with Gasteiger partial charge in [-0.3, -0.25) is 19.1 Å². The molecular weight excluding hydrogens is 849 g/mol. The number of fused-ring (bicyclic) bond motifs is 5. The van der Waals surface area contributed by atoms with Crippen molar-refractivity contribution < 1.29 is 41.8 Å². The first kappa shape index (κ1) is 45.7. The first-order valence-electron chi connectivity index (χ1n) is 24.3. The van der Waals surface area contributed by atoms with Crippen LogP contribution in [-0.2, 0) is 35.6 Å². The summed E-state index contributed by atoms with van der Waals surface area (Å²) in [7, 11) is -1.90. The third-order valence-electron chi connectivity index (χ3n) is 16.1. The Labute approximate surface area is 383 Å². The minimum absolute atomic E-state index is 0.000834. The van der Waals surface area contributed by atoms with E-state index in [1.54, 1.807) is 13.0 Å². The van der Waals surface area contributed by atoms with Gasteiger partial charge in [-0.1, -0.05) is 57.2 Å². The second kappa shape index (κ2) is 18.0. The van der Waals surface area contributed by atoms with Gasteiger partial charge in [0.2, 0.25) is 27.7 Å². The Morgan fingerprint density at radius 2 is 1.68 bits per heavy atom. The van der Waals surface area contributed by atoms with Gasteiger partial charge >= 0.3 is 6.09 Å². The fourth-order valence-electron chi connectivity index (χ4n) is 11.1. The molecular formula is C49H68N6O9S. The van der Waals surface area contributed by atoms with Crippen molar-refractivity contribution in [2.45, 2.75) is 170 Å². The zero-order valence-corrected chi connectivity index (χ0v) is 39.2. The zero-order chi connectivity index (χ0) is 45.7. The molecule has 0 spiro atoms. The molecule has 16 heteroatoms. The highest BCUT2D eigenvalue weighted by molar-refractivity contribution is 7.91. The maximum atomic E-state index is 15.4. The minimum atomic E-state index is -4.03. The molecule has 2 saturated heterocycles. The lowest BCUT2D eigenvalue weighted by Crippen LogP contribution is -2.70. The average Bonchev–Trinajstić information content (AvgIpc) is 4.17. The molecule has 4 heterocycles. The first-order valence-corrected chi connectivity index (χ1v) is 25.8. The van der Waals surface area contributed by atoms with Crippen LogP contribution in [0.2, 0.25) is 0 Å². The summed E-state index contributed by atoms with van der Waals surface area (Å²) < 4.78 is 47.9. The number of nitrogens with zero attached hydrogens (tertiary/aromatic N) is 3. The Hall–Kier alpha value is -4.44. The number of pyridine rings is 1. The van der Waals surface area contributed by atoms with Gasteiger partial charge in [-0.2, -0.15) is 0 Å². The number of hydrogen-bond acceptors (Lipinski definition) is 11. The maximum absolute atomic E-state index is 15.4. The molecule has 2 aromatic rings. The molecule has 1 aromatic heterocycles. The number of benzene rings is 1. The average molecular weight is 917 g/mol. The molecule has 354 valence electrons. The number of para-hydroxylation sites is 1. The minimum Gasteiger partial charge on any atom is -0.489 e. The molecule has 3 N–H and O–H groups in total. The highest BCUT2D eigenvalue weighted by atomic mass is 32.2. The summed E-state index contributed by atoms with van der Waals surface area (Å²) in [5.74, 6) is -0.963. The fraction of sp³-hybridized carbons (Fsp3) is 0.694. The zero-order valence-electron chi connectivity index (χ0n) is 38.4. The number of likely N-dealkylation sites (tertiary alicyclic amines) is 1. The van der Waals surface area contributed by atoms with E-state index in [0.717, 1.165) is 94.0 Å². The smallest absolute Gasteiger partial charge is 0.408 e. The highest BCUT2D eigenvalue weighted by Gasteiger charge is 2.58. The molecule has 1 aromatic carbocycles. The van der Waals surface area contributed by atoms with Crippen molar-refractivity contribution in [1.29, 1.82) is 0 Å². The third-order valence-corrected chi connectivity index (χ3v) is 18.3. The van der Waals surface area contributed by atoms with Gasteiger partial charge in [0.25, 0.3) is 5.91 Å². The molecule has 65 heavy (non-hydrogen) atoms. The molecule has 4 amide bonds. The molecule has 6 fully saturated rings. The normalized spacial score (nSPS) is 31.8. The molecule has 0 radical (unpaired) electrons. The summed E-state index contributed by atoms with van der Waals surface area (Å²) in [4.78, 5) is 67.2. The number of alkyl carbamates (subject to hydrolysis) is 1. The van der Waals surface area contributed by atoms with Crippen molar-refractivity contribution in [3.63, 3.8) is 0 Å². The molecule has 4 aliphatic carbocycles. The van der Waals surface area contributed by atoms with Gasteiger partial charge in [0, 0.05) is 30.8 Å². The van der Waals surface area contributed by atoms with Crippen molar-refractivity contribution in [3.8, 4) is 11.6 Å². The second-order valence-corrected chi connectivity index (χ2v) is 23.1. The molecule has 2 bridgehead atoms. The lowest BCUT2D eigenvalue weighted by atomic mass is 9.66.